The van der Waals surface area contributed by atoms with E-state index in [1.807, 2.05) is 12.1 Å². The van der Waals surface area contributed by atoms with E-state index in [9.17, 15) is 14.7 Å². The second-order valence-electron chi connectivity index (χ2n) is 8.09. The molecule has 31 heavy (non-hydrogen) atoms. The molecule has 0 saturated carbocycles. The van der Waals surface area contributed by atoms with Crippen LogP contribution in [0.1, 0.15) is 38.1 Å². The van der Waals surface area contributed by atoms with Crippen molar-refractivity contribution in [1.82, 2.24) is 9.55 Å². The van der Waals surface area contributed by atoms with Crippen LogP contribution in [0.3, 0.4) is 0 Å². The SMILES string of the molecule is C[C@H](Nc1ccc(C#N)n(C)c1=O)c1cc2ccc(NCC(C)(C)O)c(Cl)c2[nH]c1=O. The molecule has 4 N–H and O–H groups in total. The molecule has 3 rings (SSSR count). The van der Waals surface area contributed by atoms with Crippen molar-refractivity contribution in [3.05, 3.63) is 67.3 Å². The first kappa shape index (κ1) is 22.4. The molecule has 0 saturated heterocycles. The van der Waals surface area contributed by atoms with Crippen LogP contribution in [-0.2, 0) is 7.05 Å². The highest BCUT2D eigenvalue weighted by Crippen LogP contribution is 2.30. The van der Waals surface area contributed by atoms with Gasteiger partial charge in [0, 0.05) is 24.5 Å². The van der Waals surface area contributed by atoms with E-state index in [4.69, 9.17) is 16.9 Å². The predicted octanol–water partition coefficient (Wildman–Crippen LogP) is 3.11. The van der Waals surface area contributed by atoms with Crippen LogP contribution >= 0.6 is 11.6 Å². The number of hydrogen-bond donors (Lipinski definition) is 4. The molecule has 8 nitrogen and oxygen atoms in total. The Balaban J connectivity index is 1.94. The Bertz CT molecular complexity index is 1300. The van der Waals surface area contributed by atoms with Crippen LogP contribution in [0, 0.1) is 11.3 Å². The normalized spacial score (nSPS) is 12.4. The number of halogens is 1. The fourth-order valence-electron chi connectivity index (χ4n) is 3.20. The number of aliphatic hydroxyl groups is 1. The highest BCUT2D eigenvalue weighted by molar-refractivity contribution is 6.37. The van der Waals surface area contributed by atoms with Gasteiger partial charge in [-0.15, -0.1) is 0 Å². The molecule has 0 aliphatic carbocycles. The van der Waals surface area contributed by atoms with Gasteiger partial charge in [-0.05, 0) is 45.0 Å². The van der Waals surface area contributed by atoms with Gasteiger partial charge in [-0.2, -0.15) is 5.26 Å². The van der Waals surface area contributed by atoms with Crippen LogP contribution in [0.2, 0.25) is 5.02 Å². The van der Waals surface area contributed by atoms with Crippen LogP contribution < -0.4 is 21.8 Å². The molecule has 2 aromatic heterocycles. The third kappa shape index (κ3) is 4.74. The summed E-state index contributed by atoms with van der Waals surface area (Å²) in [5, 5.41) is 26.2. The lowest BCUT2D eigenvalue weighted by Gasteiger charge is -2.20. The molecule has 0 unspecified atom stereocenters. The number of anilines is 2. The maximum absolute atomic E-state index is 12.8. The Kier molecular flexibility index (Phi) is 6.11. The van der Waals surface area contributed by atoms with Gasteiger partial charge >= 0.3 is 0 Å². The smallest absolute Gasteiger partial charge is 0.274 e. The topological polar surface area (TPSA) is 123 Å². The molecule has 0 amide bonds. The summed E-state index contributed by atoms with van der Waals surface area (Å²) in [6, 6.07) is 9.89. The van der Waals surface area contributed by atoms with Gasteiger partial charge < -0.3 is 25.3 Å². The van der Waals surface area contributed by atoms with Crippen molar-refractivity contribution in [2.75, 3.05) is 17.2 Å². The monoisotopic (exact) mass is 441 g/mol. The Morgan fingerprint density at radius 3 is 2.58 bits per heavy atom. The van der Waals surface area contributed by atoms with Gasteiger partial charge in [-0.25, -0.2) is 0 Å². The Labute approximate surface area is 184 Å². The van der Waals surface area contributed by atoms with E-state index in [0.717, 1.165) is 5.39 Å². The minimum Gasteiger partial charge on any atom is -0.389 e. The second-order valence-corrected chi connectivity index (χ2v) is 8.46. The fourth-order valence-corrected chi connectivity index (χ4v) is 3.48. The number of H-pyrrole nitrogens is 1. The first-order valence-electron chi connectivity index (χ1n) is 9.70. The van der Waals surface area contributed by atoms with Crippen LogP contribution in [0.5, 0.6) is 0 Å². The fraction of sp³-hybridized carbons (Fsp3) is 0.318. The molecular weight excluding hydrogens is 418 g/mol. The van der Waals surface area contributed by atoms with Crippen molar-refractivity contribution in [1.29, 1.82) is 5.26 Å². The van der Waals surface area contributed by atoms with E-state index in [1.165, 1.54) is 17.7 Å². The van der Waals surface area contributed by atoms with E-state index in [0.29, 0.717) is 28.3 Å². The number of aromatic nitrogens is 2. The van der Waals surface area contributed by atoms with Gasteiger partial charge in [0.1, 0.15) is 17.5 Å². The largest absolute Gasteiger partial charge is 0.389 e. The summed E-state index contributed by atoms with van der Waals surface area (Å²) in [5.74, 6) is 0. The van der Waals surface area contributed by atoms with Crippen molar-refractivity contribution in [2.24, 2.45) is 7.05 Å². The first-order chi connectivity index (χ1) is 14.5. The average molecular weight is 442 g/mol. The van der Waals surface area contributed by atoms with Crippen LogP contribution in [-0.4, -0.2) is 26.8 Å². The molecular formula is C22H24ClN5O3. The third-order valence-corrected chi connectivity index (χ3v) is 5.35. The van der Waals surface area contributed by atoms with Crippen LogP contribution in [0.15, 0.2) is 39.9 Å². The molecule has 3 aromatic rings. The van der Waals surface area contributed by atoms with E-state index in [2.05, 4.69) is 15.6 Å². The average Bonchev–Trinajstić information content (AvgIpc) is 2.70. The van der Waals surface area contributed by atoms with Gasteiger partial charge in [-0.3, -0.25) is 9.59 Å². The Morgan fingerprint density at radius 1 is 1.26 bits per heavy atom. The molecule has 162 valence electrons. The predicted molar refractivity (Wildman–Crippen MR) is 123 cm³/mol. The Morgan fingerprint density at radius 2 is 1.94 bits per heavy atom. The van der Waals surface area contributed by atoms with Gasteiger partial charge in [0.05, 0.1) is 27.9 Å². The zero-order valence-corrected chi connectivity index (χ0v) is 18.5. The molecule has 1 atom stereocenters. The Hall–Kier alpha value is -3.28. The maximum Gasteiger partial charge on any atom is 0.274 e. The van der Waals surface area contributed by atoms with E-state index < -0.39 is 11.6 Å². The molecule has 0 aliphatic heterocycles. The summed E-state index contributed by atoms with van der Waals surface area (Å²) in [4.78, 5) is 28.0. The van der Waals surface area contributed by atoms with E-state index >= 15 is 0 Å². The zero-order chi connectivity index (χ0) is 22.9. The van der Waals surface area contributed by atoms with Crippen LogP contribution in [0.25, 0.3) is 10.9 Å². The van der Waals surface area contributed by atoms with Crippen molar-refractivity contribution in [3.63, 3.8) is 0 Å². The molecule has 0 aliphatic rings. The summed E-state index contributed by atoms with van der Waals surface area (Å²) in [5.41, 5.74) is 0.456. The molecule has 2 heterocycles. The van der Waals surface area contributed by atoms with Crippen molar-refractivity contribution >= 4 is 33.9 Å². The quantitative estimate of drug-likeness (QED) is 0.466. The molecule has 0 fully saturated rings. The zero-order valence-electron chi connectivity index (χ0n) is 17.7. The lowest BCUT2D eigenvalue weighted by molar-refractivity contribution is 0.0945. The number of nitrogens with one attached hydrogen (secondary N) is 3. The maximum atomic E-state index is 12.8. The second kappa shape index (κ2) is 8.46. The standard InChI is InChI=1S/C22H24ClN5O3/c1-12(26-17-8-6-14(10-24)28(4)21(17)30)15-9-13-5-7-16(25-11-22(2,3)31)18(23)19(13)27-20(15)29/h5-9,12,25-26,31H,11H2,1-4H3,(H,27,29)/t12-/m0/s1. The molecule has 0 radical (unpaired) electrons. The molecule has 9 heteroatoms. The van der Waals surface area contributed by atoms with Crippen molar-refractivity contribution < 1.29 is 5.11 Å². The number of nitriles is 1. The first-order valence-corrected chi connectivity index (χ1v) is 10.1. The number of rotatable bonds is 6. The highest BCUT2D eigenvalue weighted by atomic mass is 35.5. The third-order valence-electron chi connectivity index (χ3n) is 4.95. The van der Waals surface area contributed by atoms with Gasteiger partial charge in [-0.1, -0.05) is 17.7 Å². The summed E-state index contributed by atoms with van der Waals surface area (Å²) in [6.45, 7) is 5.42. The minimum atomic E-state index is -0.918. The van der Waals surface area contributed by atoms with Crippen LogP contribution in [0.4, 0.5) is 11.4 Å². The molecule has 1 aromatic carbocycles. The van der Waals surface area contributed by atoms with Gasteiger partial charge in [0.25, 0.3) is 11.1 Å². The minimum absolute atomic E-state index is 0.246. The summed E-state index contributed by atoms with van der Waals surface area (Å²) in [6.07, 6.45) is 0. The summed E-state index contributed by atoms with van der Waals surface area (Å²) < 4.78 is 1.25. The lowest BCUT2D eigenvalue weighted by Crippen LogP contribution is -2.29. The van der Waals surface area contributed by atoms with Crippen molar-refractivity contribution in [3.8, 4) is 6.07 Å². The van der Waals surface area contributed by atoms with Crippen molar-refractivity contribution in [2.45, 2.75) is 32.4 Å². The molecule has 0 bridgehead atoms. The summed E-state index contributed by atoms with van der Waals surface area (Å²) in [7, 11) is 1.52. The lowest BCUT2D eigenvalue weighted by atomic mass is 10.1. The summed E-state index contributed by atoms with van der Waals surface area (Å²) >= 11 is 6.47. The van der Waals surface area contributed by atoms with E-state index in [-0.39, 0.29) is 22.5 Å². The number of hydrogen-bond acceptors (Lipinski definition) is 6. The number of pyridine rings is 2. The number of fused-ring (bicyclic) bond motifs is 1. The number of benzene rings is 1. The van der Waals surface area contributed by atoms with Gasteiger partial charge in [0.2, 0.25) is 0 Å². The van der Waals surface area contributed by atoms with E-state index in [1.54, 1.807) is 39.0 Å². The van der Waals surface area contributed by atoms with Gasteiger partial charge in [0.15, 0.2) is 0 Å². The number of nitrogens with zero attached hydrogens (tertiary/aromatic N) is 2. The highest BCUT2D eigenvalue weighted by Gasteiger charge is 2.17. The molecule has 0 spiro atoms. The number of aromatic amines is 1.